The molecule has 26 heavy (non-hydrogen) atoms. The maximum absolute atomic E-state index is 11.2. The van der Waals surface area contributed by atoms with Crippen LogP contribution in [0.15, 0.2) is 6.07 Å². The number of anilines is 2. The summed E-state index contributed by atoms with van der Waals surface area (Å²) in [7, 11) is 0. The summed E-state index contributed by atoms with van der Waals surface area (Å²) >= 11 is 0. The summed E-state index contributed by atoms with van der Waals surface area (Å²) in [4.78, 5) is 27.3. The Hall–Kier alpha value is -1.93. The van der Waals surface area contributed by atoms with Crippen molar-refractivity contribution in [3.8, 4) is 0 Å². The standard InChI is InChI=1S/C18H27N5O3/c1-13-6-16(20-18(19-13)21-4-2-3-5-21)23-8-14-7-22(10-17(24)25)15(9-23)12-26-11-14/h6,14-15H,2-5,7-12H2,1H3,(H,24,25)/t14-,15+/m1/s1. The van der Waals surface area contributed by atoms with E-state index in [0.29, 0.717) is 13.2 Å². The zero-order valence-electron chi connectivity index (χ0n) is 15.3. The molecule has 0 amide bonds. The largest absolute Gasteiger partial charge is 0.480 e. The minimum absolute atomic E-state index is 0.0696. The van der Waals surface area contributed by atoms with Crippen molar-refractivity contribution in [1.29, 1.82) is 0 Å². The molecule has 3 aliphatic heterocycles. The molecule has 2 atom stereocenters. The summed E-state index contributed by atoms with van der Waals surface area (Å²) in [6.07, 6.45) is 2.39. The third-order valence-corrected chi connectivity index (χ3v) is 5.46. The van der Waals surface area contributed by atoms with Crippen molar-refractivity contribution in [2.24, 2.45) is 5.92 Å². The van der Waals surface area contributed by atoms with Crippen molar-refractivity contribution in [3.63, 3.8) is 0 Å². The van der Waals surface area contributed by atoms with Gasteiger partial charge >= 0.3 is 5.97 Å². The maximum atomic E-state index is 11.2. The van der Waals surface area contributed by atoms with Crippen LogP contribution < -0.4 is 9.80 Å². The van der Waals surface area contributed by atoms with Crippen LogP contribution in [0.1, 0.15) is 18.5 Å². The number of carbonyl (C=O) groups is 1. The average molecular weight is 361 g/mol. The second-order valence-corrected chi connectivity index (χ2v) is 7.65. The smallest absolute Gasteiger partial charge is 0.317 e. The zero-order chi connectivity index (χ0) is 18.1. The molecule has 3 saturated heterocycles. The van der Waals surface area contributed by atoms with E-state index in [1.807, 2.05) is 13.0 Å². The highest BCUT2D eigenvalue weighted by molar-refractivity contribution is 5.69. The molecule has 1 aromatic rings. The van der Waals surface area contributed by atoms with Gasteiger partial charge < -0.3 is 19.6 Å². The van der Waals surface area contributed by atoms with Gasteiger partial charge in [-0.25, -0.2) is 4.98 Å². The van der Waals surface area contributed by atoms with E-state index in [4.69, 9.17) is 9.72 Å². The lowest BCUT2D eigenvalue weighted by Gasteiger charge is -2.31. The predicted octanol–water partition coefficient (Wildman–Crippen LogP) is 0.607. The maximum Gasteiger partial charge on any atom is 0.317 e. The SMILES string of the molecule is Cc1cc(N2C[C@@H]3COC[C@H](C2)N(CC(=O)O)C3)nc(N2CCCC2)n1. The van der Waals surface area contributed by atoms with Crippen LogP contribution in [0.25, 0.3) is 0 Å². The number of hydrogen-bond acceptors (Lipinski definition) is 7. The van der Waals surface area contributed by atoms with Gasteiger partial charge in [0.2, 0.25) is 5.95 Å². The molecule has 3 fully saturated rings. The van der Waals surface area contributed by atoms with Crippen LogP contribution in [0.3, 0.4) is 0 Å². The van der Waals surface area contributed by atoms with E-state index >= 15 is 0 Å². The summed E-state index contributed by atoms with van der Waals surface area (Å²) < 4.78 is 5.78. The molecule has 1 N–H and O–H groups in total. The predicted molar refractivity (Wildman–Crippen MR) is 97.7 cm³/mol. The molecule has 0 saturated carbocycles. The summed E-state index contributed by atoms with van der Waals surface area (Å²) in [6, 6.07) is 2.12. The van der Waals surface area contributed by atoms with E-state index in [0.717, 1.165) is 50.2 Å². The van der Waals surface area contributed by atoms with Crippen LogP contribution in [0.2, 0.25) is 0 Å². The summed E-state index contributed by atoms with van der Waals surface area (Å²) in [5, 5.41) is 9.23. The number of carboxylic acids is 1. The van der Waals surface area contributed by atoms with Crippen molar-refractivity contribution in [3.05, 3.63) is 11.8 Å². The lowest BCUT2D eigenvalue weighted by molar-refractivity contribution is -0.138. The Morgan fingerprint density at radius 2 is 2.00 bits per heavy atom. The van der Waals surface area contributed by atoms with Crippen LogP contribution in [-0.2, 0) is 9.53 Å². The van der Waals surface area contributed by atoms with E-state index in [9.17, 15) is 9.90 Å². The second-order valence-electron chi connectivity index (χ2n) is 7.65. The van der Waals surface area contributed by atoms with Gasteiger partial charge in [0.15, 0.2) is 0 Å². The van der Waals surface area contributed by atoms with E-state index in [1.54, 1.807) is 0 Å². The molecule has 0 aliphatic carbocycles. The molecule has 1 aromatic heterocycles. The number of nitrogens with zero attached hydrogens (tertiary/aromatic N) is 5. The van der Waals surface area contributed by atoms with Gasteiger partial charge in [-0.2, -0.15) is 4.98 Å². The van der Waals surface area contributed by atoms with Crippen molar-refractivity contribution in [2.45, 2.75) is 25.8 Å². The molecule has 8 nitrogen and oxygen atoms in total. The van der Waals surface area contributed by atoms with Gasteiger partial charge in [-0.1, -0.05) is 0 Å². The molecule has 4 rings (SSSR count). The summed E-state index contributed by atoms with van der Waals surface area (Å²) in [6.45, 7) is 7.71. The quantitative estimate of drug-likeness (QED) is 0.835. The first kappa shape index (κ1) is 17.5. The van der Waals surface area contributed by atoms with Gasteiger partial charge in [-0.05, 0) is 19.8 Å². The Bertz CT molecular complexity index is 664. The van der Waals surface area contributed by atoms with Crippen molar-refractivity contribution >= 4 is 17.7 Å². The van der Waals surface area contributed by atoms with Gasteiger partial charge in [-0.3, -0.25) is 9.69 Å². The van der Waals surface area contributed by atoms with Crippen LogP contribution in [-0.4, -0.2) is 84.5 Å². The number of ether oxygens (including phenoxy) is 1. The minimum Gasteiger partial charge on any atom is -0.480 e. The van der Waals surface area contributed by atoms with Crippen LogP contribution >= 0.6 is 0 Å². The Morgan fingerprint density at radius 1 is 1.19 bits per heavy atom. The number of aryl methyl sites for hydroxylation is 1. The van der Waals surface area contributed by atoms with E-state index in [-0.39, 0.29) is 18.5 Å². The molecule has 142 valence electrons. The lowest BCUT2D eigenvalue weighted by atomic mass is 10.1. The first-order valence-electron chi connectivity index (χ1n) is 9.47. The highest BCUT2D eigenvalue weighted by Crippen LogP contribution is 2.26. The Morgan fingerprint density at radius 3 is 2.77 bits per heavy atom. The molecule has 0 unspecified atom stereocenters. The highest BCUT2D eigenvalue weighted by Gasteiger charge is 2.35. The molecule has 4 heterocycles. The lowest BCUT2D eigenvalue weighted by Crippen LogP contribution is -2.46. The fourth-order valence-electron chi connectivity index (χ4n) is 4.24. The summed E-state index contributed by atoms with van der Waals surface area (Å²) in [5.74, 6) is 1.28. The number of carboxylic acid groups (broad SMARTS) is 1. The third-order valence-electron chi connectivity index (χ3n) is 5.46. The van der Waals surface area contributed by atoms with E-state index < -0.39 is 5.97 Å². The average Bonchev–Trinajstić information content (AvgIpc) is 2.97. The summed E-state index contributed by atoms with van der Waals surface area (Å²) in [5.41, 5.74) is 0.977. The zero-order valence-corrected chi connectivity index (χ0v) is 15.3. The molecular formula is C18H27N5O3. The highest BCUT2D eigenvalue weighted by atomic mass is 16.5. The van der Waals surface area contributed by atoms with Gasteiger partial charge in [-0.15, -0.1) is 0 Å². The molecule has 3 aliphatic rings. The van der Waals surface area contributed by atoms with Crippen molar-refractivity contribution in [1.82, 2.24) is 14.9 Å². The Balaban J connectivity index is 1.58. The monoisotopic (exact) mass is 361 g/mol. The Kier molecular flexibility index (Phi) is 4.95. The van der Waals surface area contributed by atoms with Gasteiger partial charge in [0.05, 0.1) is 25.8 Å². The van der Waals surface area contributed by atoms with Crippen LogP contribution in [0.4, 0.5) is 11.8 Å². The third kappa shape index (κ3) is 3.76. The number of hydrogen-bond donors (Lipinski definition) is 1. The second kappa shape index (κ2) is 7.36. The Labute approximate surface area is 153 Å². The van der Waals surface area contributed by atoms with Gasteiger partial charge in [0.25, 0.3) is 0 Å². The molecule has 0 radical (unpaired) electrons. The molecular weight excluding hydrogens is 334 g/mol. The van der Waals surface area contributed by atoms with Crippen molar-refractivity contribution in [2.75, 3.05) is 62.3 Å². The number of rotatable bonds is 4. The number of aromatic nitrogens is 2. The molecule has 0 aromatic carbocycles. The fraction of sp³-hybridized carbons (Fsp3) is 0.722. The molecule has 2 bridgehead atoms. The van der Waals surface area contributed by atoms with Gasteiger partial charge in [0.1, 0.15) is 5.82 Å². The van der Waals surface area contributed by atoms with Crippen molar-refractivity contribution < 1.29 is 14.6 Å². The first-order chi connectivity index (χ1) is 12.6. The topological polar surface area (TPSA) is 82.0 Å². The fourth-order valence-corrected chi connectivity index (χ4v) is 4.24. The first-order valence-corrected chi connectivity index (χ1v) is 9.47. The molecule has 8 heteroatoms. The molecule has 0 spiro atoms. The number of fused-ring (bicyclic) bond motifs is 3. The number of aliphatic carboxylic acids is 1. The minimum atomic E-state index is -0.779. The van der Waals surface area contributed by atoms with Crippen LogP contribution in [0.5, 0.6) is 0 Å². The van der Waals surface area contributed by atoms with Gasteiger partial charge in [0, 0.05) is 50.4 Å². The normalized spacial score (nSPS) is 26.8. The van der Waals surface area contributed by atoms with Crippen LogP contribution in [0, 0.1) is 12.8 Å². The van der Waals surface area contributed by atoms with E-state index in [2.05, 4.69) is 19.7 Å². The van der Waals surface area contributed by atoms with E-state index in [1.165, 1.54) is 12.8 Å².